The standard InChI is InChI=1S/C14H11ClN2O3/c15-10-3-4-12(11(7-10)14(19)20)17-13(18)6-9-2-1-5-16-8-9/h1-5,7-8H,6H2,(H,17,18)(H,19,20). The zero-order valence-corrected chi connectivity index (χ0v) is 11.1. The second kappa shape index (κ2) is 6.16. The van der Waals surface area contributed by atoms with E-state index in [2.05, 4.69) is 10.3 Å². The van der Waals surface area contributed by atoms with Crippen LogP contribution in [0.5, 0.6) is 0 Å². The smallest absolute Gasteiger partial charge is 0.337 e. The number of carbonyl (C=O) groups is 2. The number of carboxylic acid groups (broad SMARTS) is 1. The third kappa shape index (κ3) is 3.55. The fraction of sp³-hybridized carbons (Fsp3) is 0.0714. The number of hydrogen-bond acceptors (Lipinski definition) is 3. The van der Waals surface area contributed by atoms with Crippen LogP contribution >= 0.6 is 11.6 Å². The summed E-state index contributed by atoms with van der Waals surface area (Å²) >= 11 is 5.74. The predicted octanol–water partition coefficient (Wildman–Crippen LogP) is 2.61. The summed E-state index contributed by atoms with van der Waals surface area (Å²) in [6.45, 7) is 0. The molecule has 0 saturated heterocycles. The van der Waals surface area contributed by atoms with Crippen molar-refractivity contribution in [3.63, 3.8) is 0 Å². The zero-order valence-electron chi connectivity index (χ0n) is 10.3. The van der Waals surface area contributed by atoms with Crippen molar-refractivity contribution in [3.05, 3.63) is 58.9 Å². The van der Waals surface area contributed by atoms with Gasteiger partial charge in [-0.1, -0.05) is 17.7 Å². The van der Waals surface area contributed by atoms with Gasteiger partial charge in [0.05, 0.1) is 17.7 Å². The minimum atomic E-state index is -1.15. The summed E-state index contributed by atoms with van der Waals surface area (Å²) in [4.78, 5) is 26.9. The minimum absolute atomic E-state index is 0.0444. The lowest BCUT2D eigenvalue weighted by Gasteiger charge is -2.08. The fourth-order valence-electron chi connectivity index (χ4n) is 1.68. The first kappa shape index (κ1) is 14.0. The Kier molecular flexibility index (Phi) is 4.32. The number of nitrogens with one attached hydrogen (secondary N) is 1. The Labute approximate surface area is 120 Å². The van der Waals surface area contributed by atoms with Crippen LogP contribution in [0.3, 0.4) is 0 Å². The SMILES string of the molecule is O=C(Cc1cccnc1)Nc1ccc(Cl)cc1C(=O)O. The molecule has 0 unspecified atom stereocenters. The molecule has 0 bridgehead atoms. The van der Waals surface area contributed by atoms with Crippen LogP contribution in [0.1, 0.15) is 15.9 Å². The number of nitrogens with zero attached hydrogens (tertiary/aromatic N) is 1. The van der Waals surface area contributed by atoms with Crippen LogP contribution in [0.4, 0.5) is 5.69 Å². The number of carbonyl (C=O) groups excluding carboxylic acids is 1. The molecule has 2 aromatic rings. The molecule has 0 aliphatic carbocycles. The van der Waals surface area contributed by atoms with Gasteiger partial charge in [-0.25, -0.2) is 4.79 Å². The number of aromatic nitrogens is 1. The monoisotopic (exact) mass is 290 g/mol. The van der Waals surface area contributed by atoms with Gasteiger partial charge < -0.3 is 10.4 Å². The van der Waals surface area contributed by atoms with Crippen LogP contribution < -0.4 is 5.32 Å². The lowest BCUT2D eigenvalue weighted by Crippen LogP contribution is -2.16. The van der Waals surface area contributed by atoms with Gasteiger partial charge in [-0.15, -0.1) is 0 Å². The molecule has 102 valence electrons. The van der Waals surface area contributed by atoms with Crippen molar-refractivity contribution in [1.29, 1.82) is 0 Å². The lowest BCUT2D eigenvalue weighted by molar-refractivity contribution is -0.115. The van der Waals surface area contributed by atoms with Crippen LogP contribution in [0, 0.1) is 0 Å². The van der Waals surface area contributed by atoms with Crippen molar-refractivity contribution in [2.75, 3.05) is 5.32 Å². The number of amides is 1. The molecular formula is C14H11ClN2O3. The summed E-state index contributed by atoms with van der Waals surface area (Å²) in [5.41, 5.74) is 0.920. The van der Waals surface area contributed by atoms with Crippen molar-refractivity contribution < 1.29 is 14.7 Å². The number of anilines is 1. The van der Waals surface area contributed by atoms with Crippen molar-refractivity contribution in [2.24, 2.45) is 0 Å². The molecule has 1 amide bonds. The van der Waals surface area contributed by atoms with Gasteiger partial charge in [0.15, 0.2) is 0 Å². The molecule has 1 aromatic carbocycles. The predicted molar refractivity (Wildman–Crippen MR) is 75.0 cm³/mol. The van der Waals surface area contributed by atoms with Gasteiger partial charge in [-0.05, 0) is 29.8 Å². The lowest BCUT2D eigenvalue weighted by atomic mass is 10.1. The molecule has 20 heavy (non-hydrogen) atoms. The number of pyridine rings is 1. The number of hydrogen-bond donors (Lipinski definition) is 2. The van der Waals surface area contributed by atoms with Crippen molar-refractivity contribution >= 4 is 29.2 Å². The Morgan fingerprint density at radius 1 is 1.30 bits per heavy atom. The summed E-state index contributed by atoms with van der Waals surface area (Å²) in [7, 11) is 0. The molecule has 0 radical (unpaired) electrons. The number of aromatic carboxylic acids is 1. The summed E-state index contributed by atoms with van der Waals surface area (Å²) < 4.78 is 0. The van der Waals surface area contributed by atoms with Crippen molar-refractivity contribution in [2.45, 2.75) is 6.42 Å². The van der Waals surface area contributed by atoms with E-state index in [4.69, 9.17) is 16.7 Å². The van der Waals surface area contributed by atoms with Gasteiger partial charge in [0.1, 0.15) is 0 Å². The summed E-state index contributed by atoms with van der Waals surface area (Å²) in [6.07, 6.45) is 3.32. The normalized spacial score (nSPS) is 10.1. The van der Waals surface area contributed by atoms with Crippen LogP contribution in [0.25, 0.3) is 0 Å². The molecule has 0 aliphatic rings. The van der Waals surface area contributed by atoms with Crippen LogP contribution in [-0.4, -0.2) is 22.0 Å². The maximum Gasteiger partial charge on any atom is 0.337 e. The summed E-state index contributed by atoms with van der Waals surface area (Å²) in [5, 5.41) is 11.9. The van der Waals surface area contributed by atoms with Crippen LogP contribution in [0.15, 0.2) is 42.7 Å². The van der Waals surface area contributed by atoms with Gasteiger partial charge in [0.25, 0.3) is 0 Å². The molecule has 0 spiro atoms. The highest BCUT2D eigenvalue weighted by Gasteiger charge is 2.13. The van der Waals surface area contributed by atoms with Gasteiger partial charge in [0.2, 0.25) is 5.91 Å². The third-order valence-corrected chi connectivity index (χ3v) is 2.81. The summed E-state index contributed by atoms with van der Waals surface area (Å²) in [5.74, 6) is -1.47. The van der Waals surface area contributed by atoms with E-state index in [0.29, 0.717) is 5.02 Å². The highest BCUT2D eigenvalue weighted by molar-refractivity contribution is 6.31. The Morgan fingerprint density at radius 3 is 2.75 bits per heavy atom. The number of carboxylic acids is 1. The first-order chi connectivity index (χ1) is 9.56. The van der Waals surface area contributed by atoms with Crippen molar-refractivity contribution in [3.8, 4) is 0 Å². The number of benzene rings is 1. The molecule has 0 aliphatic heterocycles. The van der Waals surface area contributed by atoms with E-state index in [1.165, 1.54) is 18.2 Å². The maximum atomic E-state index is 11.9. The fourth-order valence-corrected chi connectivity index (χ4v) is 1.86. The number of halogens is 1. The summed E-state index contributed by atoms with van der Waals surface area (Å²) in [6, 6.07) is 7.78. The van der Waals surface area contributed by atoms with E-state index in [0.717, 1.165) is 5.56 Å². The van der Waals surface area contributed by atoms with E-state index in [1.54, 1.807) is 24.5 Å². The topological polar surface area (TPSA) is 79.3 Å². The van der Waals surface area contributed by atoms with Gasteiger partial charge >= 0.3 is 5.97 Å². The molecule has 2 rings (SSSR count). The molecule has 1 heterocycles. The van der Waals surface area contributed by atoms with E-state index in [-0.39, 0.29) is 23.6 Å². The van der Waals surface area contributed by atoms with E-state index in [9.17, 15) is 9.59 Å². The van der Waals surface area contributed by atoms with E-state index >= 15 is 0 Å². The molecule has 0 atom stereocenters. The first-order valence-corrected chi connectivity index (χ1v) is 6.15. The molecule has 2 N–H and O–H groups in total. The largest absolute Gasteiger partial charge is 0.478 e. The molecular weight excluding hydrogens is 280 g/mol. The second-order valence-corrected chi connectivity index (χ2v) is 4.52. The van der Waals surface area contributed by atoms with Crippen LogP contribution in [0.2, 0.25) is 5.02 Å². The Bertz CT molecular complexity index is 644. The second-order valence-electron chi connectivity index (χ2n) is 4.08. The molecule has 0 fully saturated rings. The maximum absolute atomic E-state index is 11.9. The van der Waals surface area contributed by atoms with Crippen LogP contribution in [-0.2, 0) is 11.2 Å². The molecule has 6 heteroatoms. The molecule has 0 saturated carbocycles. The average Bonchev–Trinajstić information content (AvgIpc) is 2.41. The van der Waals surface area contributed by atoms with E-state index < -0.39 is 5.97 Å². The highest BCUT2D eigenvalue weighted by atomic mass is 35.5. The molecule has 1 aromatic heterocycles. The highest BCUT2D eigenvalue weighted by Crippen LogP contribution is 2.21. The minimum Gasteiger partial charge on any atom is -0.478 e. The Balaban J connectivity index is 2.14. The Hall–Kier alpha value is -2.40. The van der Waals surface area contributed by atoms with Gasteiger partial charge in [0, 0.05) is 17.4 Å². The van der Waals surface area contributed by atoms with Gasteiger partial charge in [-0.2, -0.15) is 0 Å². The van der Waals surface area contributed by atoms with Crippen molar-refractivity contribution in [1.82, 2.24) is 4.98 Å². The van der Waals surface area contributed by atoms with Gasteiger partial charge in [-0.3, -0.25) is 9.78 Å². The first-order valence-electron chi connectivity index (χ1n) is 5.78. The average molecular weight is 291 g/mol. The Morgan fingerprint density at radius 2 is 2.10 bits per heavy atom. The third-order valence-electron chi connectivity index (χ3n) is 2.57. The van der Waals surface area contributed by atoms with E-state index in [1.807, 2.05) is 0 Å². The quantitative estimate of drug-likeness (QED) is 0.907. The molecule has 5 nitrogen and oxygen atoms in total. The zero-order chi connectivity index (χ0) is 14.5. The number of rotatable bonds is 4.